The van der Waals surface area contributed by atoms with Crippen LogP contribution in [0.4, 0.5) is 22.7 Å². The Kier molecular flexibility index (Phi) is 10.9. The van der Waals surface area contributed by atoms with Gasteiger partial charge in [-0.3, -0.25) is 0 Å². The Labute approximate surface area is 418 Å². The van der Waals surface area contributed by atoms with Crippen molar-refractivity contribution in [1.82, 2.24) is 14.1 Å². The van der Waals surface area contributed by atoms with Crippen molar-refractivity contribution in [3.8, 4) is 34.1 Å². The first-order valence-corrected chi connectivity index (χ1v) is 23.4. The van der Waals surface area contributed by atoms with Crippen LogP contribution in [0, 0.1) is 18.8 Å². The van der Waals surface area contributed by atoms with E-state index in [4.69, 9.17) is 9.72 Å². The molecule has 1 aliphatic rings. The molecule has 0 N–H and O–H groups in total. The first kappa shape index (κ1) is 44.1. The van der Waals surface area contributed by atoms with Gasteiger partial charge in [0, 0.05) is 77.8 Å². The van der Waals surface area contributed by atoms with E-state index >= 15 is 0 Å². The zero-order valence-corrected chi connectivity index (χ0v) is 41.7. The van der Waals surface area contributed by atoms with E-state index in [0.29, 0.717) is 11.5 Å². The van der Waals surface area contributed by atoms with Crippen molar-refractivity contribution in [1.29, 1.82) is 0 Å². The molecule has 0 saturated heterocycles. The minimum absolute atomic E-state index is 0. The first-order valence-electron chi connectivity index (χ1n) is 23.4. The topological polar surface area (TPSA) is 38.5 Å². The van der Waals surface area contributed by atoms with Gasteiger partial charge in [-0.2, -0.15) is 12.1 Å². The summed E-state index contributed by atoms with van der Waals surface area (Å²) >= 11 is 0. The summed E-state index contributed by atoms with van der Waals surface area (Å²) in [5, 5.41) is 4.69. The van der Waals surface area contributed by atoms with E-state index in [1.807, 2.05) is 24.4 Å². The van der Waals surface area contributed by atoms with Crippen LogP contribution in [-0.2, 0) is 31.9 Å². The van der Waals surface area contributed by atoms with E-state index in [0.717, 1.165) is 67.2 Å². The number of pyridine rings is 1. The summed E-state index contributed by atoms with van der Waals surface area (Å²) in [4.78, 5) is 9.40. The molecule has 0 spiro atoms. The van der Waals surface area contributed by atoms with Crippen molar-refractivity contribution in [2.24, 2.45) is 0 Å². The summed E-state index contributed by atoms with van der Waals surface area (Å²) < 4.78 is 11.3. The van der Waals surface area contributed by atoms with Gasteiger partial charge in [0.1, 0.15) is 5.82 Å². The van der Waals surface area contributed by atoms with Gasteiger partial charge < -0.3 is 23.7 Å². The minimum Gasteiger partial charge on any atom is -0.509 e. The van der Waals surface area contributed by atoms with E-state index < -0.39 is 0 Å². The Balaban J connectivity index is 0.00000520. The normalized spacial score (nSPS) is 12.8. The van der Waals surface area contributed by atoms with Crippen LogP contribution >= 0.6 is 0 Å². The molecular formula is C62H50N5OPt-3. The fraction of sp³-hybridized carbons (Fsp3) is 0.129. The van der Waals surface area contributed by atoms with Gasteiger partial charge in [-0.1, -0.05) is 132 Å². The molecule has 0 saturated carbocycles. The second kappa shape index (κ2) is 17.0. The molecule has 0 aliphatic carbocycles. The maximum absolute atomic E-state index is 6.69. The first-order chi connectivity index (χ1) is 33.0. The standard InChI is InChI=1S/C62H50N5O.Pt/c1-61(2,3)43-15-13-16-46(36-43)64-40-65(58-24-12-11-23-57(58)64)47-17-14-18-48(38-47)68-49-30-31-52-53-35-42(27-32-56(53)67(59(52)39-49)60-37-44(33-34-63-60)62(4,5)6)41-25-28-45(29-26-41)66-54-21-9-7-19-50(54)51-20-8-10-22-55(51)66;/h7-37,40H,1-6H3;/q-3;. The average Bonchev–Trinajstić information content (AvgIpc) is 4.02. The van der Waals surface area contributed by atoms with Gasteiger partial charge in [-0.15, -0.1) is 48.1 Å². The minimum atomic E-state index is -0.0609. The molecule has 0 radical (unpaired) electrons. The zero-order valence-electron chi connectivity index (χ0n) is 39.4. The number of nitrogens with zero attached hydrogens (tertiary/aromatic N) is 5. The summed E-state index contributed by atoms with van der Waals surface area (Å²) in [5.74, 6) is 2.03. The van der Waals surface area contributed by atoms with Gasteiger partial charge in [0.25, 0.3) is 0 Å². The van der Waals surface area contributed by atoms with Crippen LogP contribution in [0.3, 0.4) is 0 Å². The average molecular weight is 1080 g/mol. The van der Waals surface area contributed by atoms with Crippen LogP contribution in [0.25, 0.3) is 66.2 Å². The molecule has 3 aromatic heterocycles. The third-order valence-corrected chi connectivity index (χ3v) is 13.4. The van der Waals surface area contributed by atoms with E-state index in [1.165, 1.54) is 32.9 Å². The molecule has 0 unspecified atom stereocenters. The van der Waals surface area contributed by atoms with Gasteiger partial charge in [-0.05, 0) is 105 Å². The van der Waals surface area contributed by atoms with Gasteiger partial charge in [-0.25, -0.2) is 4.98 Å². The SMILES string of the molecule is CC(C)(C)c1cccc(N2[CH-]N(c3[c-]c(Oc4[c-]c5c(cc4)c4cc(-c6ccc(-n7c8ccccc8c8ccccc87)cc6)ccc4n5-c4cc(C(C)(C)C)ccn4)ccc3)c3ccccc32)c1.[Pt]. The molecule has 6 nitrogen and oxygen atoms in total. The zero-order chi connectivity index (χ0) is 46.3. The second-order valence-electron chi connectivity index (χ2n) is 19.9. The van der Waals surface area contributed by atoms with Crippen LogP contribution in [-0.4, -0.2) is 14.1 Å². The molecular weight excluding hydrogens is 1030 g/mol. The Hall–Kier alpha value is -7.40. The third-order valence-electron chi connectivity index (χ3n) is 13.4. The summed E-state index contributed by atoms with van der Waals surface area (Å²) in [6.07, 6.45) is 1.91. The van der Waals surface area contributed by atoms with Gasteiger partial charge in [0.05, 0.1) is 11.0 Å². The molecule has 0 atom stereocenters. The number of hydrogen-bond acceptors (Lipinski definition) is 4. The molecule has 4 heterocycles. The molecule has 7 heteroatoms. The predicted octanol–water partition coefficient (Wildman–Crippen LogP) is 16.3. The van der Waals surface area contributed by atoms with Gasteiger partial charge in [0.2, 0.25) is 0 Å². The summed E-state index contributed by atoms with van der Waals surface area (Å²) in [6, 6.07) is 72.1. The quantitative estimate of drug-likeness (QED) is 0.149. The number of ether oxygens (including phenoxy) is 1. The monoisotopic (exact) mass is 1080 g/mol. The Morgan fingerprint density at radius 2 is 1.09 bits per heavy atom. The Morgan fingerprint density at radius 3 is 1.81 bits per heavy atom. The van der Waals surface area contributed by atoms with Crippen LogP contribution < -0.4 is 14.5 Å². The molecule has 12 rings (SSSR count). The molecule has 0 bridgehead atoms. The summed E-state index contributed by atoms with van der Waals surface area (Å²) in [5.41, 5.74) is 14.4. The van der Waals surface area contributed by atoms with Gasteiger partial charge >= 0.3 is 0 Å². The number of fused-ring (bicyclic) bond motifs is 7. The maximum Gasteiger partial charge on any atom is 0.135 e. The van der Waals surface area contributed by atoms with Crippen molar-refractivity contribution in [2.45, 2.75) is 52.4 Å². The van der Waals surface area contributed by atoms with Crippen molar-refractivity contribution in [3.05, 3.63) is 218 Å². The number of benzene rings is 8. The van der Waals surface area contributed by atoms with E-state index in [-0.39, 0.29) is 31.9 Å². The number of rotatable bonds is 7. The molecule has 0 amide bonds. The van der Waals surface area contributed by atoms with E-state index in [1.54, 1.807) is 0 Å². The molecule has 69 heavy (non-hydrogen) atoms. The van der Waals surface area contributed by atoms with Crippen molar-refractivity contribution in [3.63, 3.8) is 0 Å². The number of anilines is 4. The van der Waals surface area contributed by atoms with Crippen LogP contribution in [0.1, 0.15) is 52.7 Å². The van der Waals surface area contributed by atoms with E-state index in [9.17, 15) is 0 Å². The molecule has 11 aromatic rings. The third kappa shape index (κ3) is 7.77. The van der Waals surface area contributed by atoms with Crippen LogP contribution in [0.5, 0.6) is 11.5 Å². The fourth-order valence-corrected chi connectivity index (χ4v) is 9.80. The largest absolute Gasteiger partial charge is 0.509 e. The Morgan fingerprint density at radius 1 is 0.464 bits per heavy atom. The van der Waals surface area contributed by atoms with Crippen molar-refractivity contribution < 1.29 is 25.8 Å². The number of hydrogen-bond donors (Lipinski definition) is 0. The smallest absolute Gasteiger partial charge is 0.135 e. The number of aromatic nitrogens is 3. The Bertz CT molecular complexity index is 3690. The van der Waals surface area contributed by atoms with Crippen LogP contribution in [0.15, 0.2) is 188 Å². The summed E-state index contributed by atoms with van der Waals surface area (Å²) in [7, 11) is 0. The second-order valence-corrected chi connectivity index (χ2v) is 19.9. The van der Waals surface area contributed by atoms with Crippen molar-refractivity contribution in [2.75, 3.05) is 9.80 Å². The molecule has 1 aliphatic heterocycles. The maximum atomic E-state index is 6.69. The van der Waals surface area contributed by atoms with Crippen molar-refractivity contribution >= 4 is 66.4 Å². The predicted molar refractivity (Wildman–Crippen MR) is 281 cm³/mol. The molecule has 0 fully saturated rings. The molecule has 342 valence electrons. The van der Waals surface area contributed by atoms with Crippen LogP contribution in [0.2, 0.25) is 0 Å². The fourth-order valence-electron chi connectivity index (χ4n) is 9.80. The van der Waals surface area contributed by atoms with E-state index in [2.05, 4.69) is 243 Å². The molecule has 8 aromatic carbocycles. The van der Waals surface area contributed by atoms with Gasteiger partial charge in [0.15, 0.2) is 0 Å². The summed E-state index contributed by atoms with van der Waals surface area (Å²) in [6.45, 7) is 15.6. The number of para-hydroxylation sites is 4.